The highest BCUT2D eigenvalue weighted by Gasteiger charge is 2.09. The van der Waals surface area contributed by atoms with Crippen LogP contribution in [-0.4, -0.2) is 17.1 Å². The van der Waals surface area contributed by atoms with Crippen LogP contribution in [0.25, 0.3) is 10.9 Å². The molecule has 0 saturated carbocycles. The molecule has 0 aliphatic heterocycles. The summed E-state index contributed by atoms with van der Waals surface area (Å²) in [5.74, 6) is 1.92. The largest absolute Gasteiger partial charge is 0.497 e. The predicted octanol–water partition coefficient (Wildman–Crippen LogP) is 5.42. The predicted molar refractivity (Wildman–Crippen MR) is 118 cm³/mol. The van der Waals surface area contributed by atoms with E-state index in [1.54, 1.807) is 19.2 Å². The smallest absolute Gasteiger partial charge is 0.229 e. The Labute approximate surface area is 174 Å². The molecule has 0 atom stereocenters. The summed E-state index contributed by atoms with van der Waals surface area (Å²) in [5.41, 5.74) is 3.10. The molecule has 0 aliphatic rings. The van der Waals surface area contributed by atoms with E-state index in [2.05, 4.69) is 26.7 Å². The number of anilines is 4. The summed E-state index contributed by atoms with van der Waals surface area (Å²) < 4.78 is 5.29. The number of fused-ring (bicyclic) bond motifs is 1. The molecule has 0 spiro atoms. The third kappa shape index (κ3) is 4.54. The average molecular weight is 404 g/mol. The minimum absolute atomic E-state index is 0. The maximum Gasteiger partial charge on any atom is 0.229 e. The molecule has 3 aromatic carbocycles. The Hall–Kier alpha value is -3.82. The average Bonchev–Trinajstić information content (AvgIpc) is 2.74. The van der Waals surface area contributed by atoms with Crippen LogP contribution in [0.4, 0.5) is 23.1 Å². The quantitative estimate of drug-likeness (QED) is 0.463. The fourth-order valence-corrected chi connectivity index (χ4v) is 2.82. The molecule has 2 N–H and O–H groups in total. The number of methoxy groups -OCH3 is 1. The van der Waals surface area contributed by atoms with E-state index in [1.165, 1.54) is 0 Å². The summed E-state index contributed by atoms with van der Waals surface area (Å²) >= 11 is 0. The summed E-state index contributed by atoms with van der Waals surface area (Å²) in [7, 11) is 1.64. The van der Waals surface area contributed by atoms with Gasteiger partial charge < -0.3 is 15.4 Å². The standard InChI is InChI=1S/C22H17N5O.ClH/c1-28-18-6-4-5-17(13-18)24-21-19-7-2-3-8-20(19)26-22(27-21)25-16-11-9-15(14-23)10-12-16;/h2-13H,1H3,(H2,24,25,26,27);1H. The molecule has 0 aliphatic carbocycles. The van der Waals surface area contributed by atoms with Crippen LogP contribution in [0.1, 0.15) is 5.56 Å². The van der Waals surface area contributed by atoms with Crippen molar-refractivity contribution in [2.24, 2.45) is 0 Å². The van der Waals surface area contributed by atoms with Gasteiger partial charge in [-0.05, 0) is 48.5 Å². The van der Waals surface area contributed by atoms with E-state index in [0.717, 1.165) is 28.0 Å². The lowest BCUT2D eigenvalue weighted by molar-refractivity contribution is 0.415. The zero-order valence-electron chi connectivity index (χ0n) is 15.6. The third-order valence-corrected chi connectivity index (χ3v) is 4.21. The zero-order valence-corrected chi connectivity index (χ0v) is 16.4. The van der Waals surface area contributed by atoms with Crippen molar-refractivity contribution in [1.82, 2.24) is 9.97 Å². The minimum Gasteiger partial charge on any atom is -0.497 e. The summed E-state index contributed by atoms with van der Waals surface area (Å²) in [5, 5.41) is 16.4. The summed E-state index contributed by atoms with van der Waals surface area (Å²) in [6.07, 6.45) is 0. The Kier molecular flexibility index (Phi) is 6.12. The lowest BCUT2D eigenvalue weighted by Crippen LogP contribution is -2.02. The molecular weight excluding hydrogens is 386 g/mol. The van der Waals surface area contributed by atoms with Crippen LogP contribution in [0.15, 0.2) is 72.8 Å². The molecule has 1 aromatic heterocycles. The van der Waals surface area contributed by atoms with E-state index in [1.807, 2.05) is 60.7 Å². The summed E-state index contributed by atoms with van der Waals surface area (Å²) in [4.78, 5) is 9.25. The van der Waals surface area contributed by atoms with Crippen molar-refractivity contribution in [2.45, 2.75) is 0 Å². The molecule has 6 nitrogen and oxygen atoms in total. The first-order valence-corrected chi connectivity index (χ1v) is 8.70. The molecule has 4 aromatic rings. The van der Waals surface area contributed by atoms with E-state index < -0.39 is 0 Å². The van der Waals surface area contributed by atoms with Crippen molar-refractivity contribution in [3.8, 4) is 11.8 Å². The maximum atomic E-state index is 8.94. The van der Waals surface area contributed by atoms with Crippen LogP contribution in [0.2, 0.25) is 0 Å². The van der Waals surface area contributed by atoms with Crippen molar-refractivity contribution in [1.29, 1.82) is 5.26 Å². The molecule has 7 heteroatoms. The zero-order chi connectivity index (χ0) is 19.3. The van der Waals surface area contributed by atoms with Gasteiger partial charge in [-0.15, -0.1) is 12.4 Å². The highest BCUT2D eigenvalue weighted by molar-refractivity contribution is 5.92. The molecule has 0 saturated heterocycles. The molecule has 4 rings (SSSR count). The van der Waals surface area contributed by atoms with Crippen LogP contribution in [0.5, 0.6) is 5.75 Å². The van der Waals surface area contributed by atoms with E-state index >= 15 is 0 Å². The van der Waals surface area contributed by atoms with Crippen LogP contribution in [0.3, 0.4) is 0 Å². The molecule has 0 bridgehead atoms. The number of hydrogen-bond donors (Lipinski definition) is 2. The summed E-state index contributed by atoms with van der Waals surface area (Å²) in [6.45, 7) is 0. The Morgan fingerprint density at radius 2 is 1.66 bits per heavy atom. The van der Waals surface area contributed by atoms with Gasteiger partial charge in [0.05, 0.1) is 24.3 Å². The van der Waals surface area contributed by atoms with Gasteiger partial charge in [0.1, 0.15) is 11.6 Å². The van der Waals surface area contributed by atoms with Gasteiger partial charge in [-0.2, -0.15) is 10.2 Å². The van der Waals surface area contributed by atoms with E-state index in [0.29, 0.717) is 17.3 Å². The topological polar surface area (TPSA) is 82.9 Å². The lowest BCUT2D eigenvalue weighted by Gasteiger charge is -2.12. The van der Waals surface area contributed by atoms with Gasteiger partial charge in [0, 0.05) is 22.8 Å². The van der Waals surface area contributed by atoms with Gasteiger partial charge in [-0.25, -0.2) is 4.98 Å². The minimum atomic E-state index is 0. The fraction of sp³-hybridized carbons (Fsp3) is 0.0455. The second-order valence-corrected chi connectivity index (χ2v) is 6.08. The van der Waals surface area contributed by atoms with Crippen LogP contribution in [-0.2, 0) is 0 Å². The van der Waals surface area contributed by atoms with Gasteiger partial charge in [-0.1, -0.05) is 18.2 Å². The van der Waals surface area contributed by atoms with E-state index in [4.69, 9.17) is 10.00 Å². The molecule has 1 heterocycles. The Morgan fingerprint density at radius 3 is 2.41 bits per heavy atom. The molecule has 0 unspecified atom stereocenters. The first kappa shape index (κ1) is 19.9. The monoisotopic (exact) mass is 403 g/mol. The molecule has 0 radical (unpaired) electrons. The molecular formula is C22H18ClN5O. The van der Waals surface area contributed by atoms with E-state index in [-0.39, 0.29) is 12.4 Å². The number of rotatable bonds is 5. The molecule has 0 amide bonds. The number of para-hydroxylation sites is 1. The Morgan fingerprint density at radius 1 is 0.862 bits per heavy atom. The maximum absolute atomic E-state index is 8.94. The van der Waals surface area contributed by atoms with E-state index in [9.17, 15) is 0 Å². The molecule has 0 fully saturated rings. The molecule has 144 valence electrons. The number of hydrogen-bond acceptors (Lipinski definition) is 6. The normalized spacial score (nSPS) is 9.93. The number of nitriles is 1. The Balaban J connectivity index is 0.00000240. The summed E-state index contributed by atoms with van der Waals surface area (Å²) in [6, 6.07) is 24.7. The van der Waals surface area contributed by atoms with Gasteiger partial charge in [0.25, 0.3) is 0 Å². The van der Waals surface area contributed by atoms with Crippen LogP contribution in [0, 0.1) is 11.3 Å². The second kappa shape index (κ2) is 8.91. The number of aromatic nitrogens is 2. The number of nitrogens with one attached hydrogen (secondary N) is 2. The van der Waals surface area contributed by atoms with Crippen molar-refractivity contribution >= 4 is 46.5 Å². The SMILES string of the molecule is COc1cccc(Nc2nc(Nc3ccc(C#N)cc3)nc3ccccc23)c1.Cl. The fourth-order valence-electron chi connectivity index (χ4n) is 2.82. The van der Waals surface area contributed by atoms with Gasteiger partial charge >= 0.3 is 0 Å². The first-order chi connectivity index (χ1) is 13.7. The number of nitrogens with zero attached hydrogens (tertiary/aromatic N) is 3. The highest BCUT2D eigenvalue weighted by Crippen LogP contribution is 2.27. The Bertz CT molecular complexity index is 1170. The van der Waals surface area contributed by atoms with Crippen molar-refractivity contribution in [3.63, 3.8) is 0 Å². The second-order valence-electron chi connectivity index (χ2n) is 6.08. The third-order valence-electron chi connectivity index (χ3n) is 4.21. The lowest BCUT2D eigenvalue weighted by atomic mass is 10.2. The highest BCUT2D eigenvalue weighted by atomic mass is 35.5. The van der Waals surface area contributed by atoms with Gasteiger partial charge in [0.15, 0.2) is 0 Å². The number of benzene rings is 3. The number of halogens is 1. The van der Waals surface area contributed by atoms with Crippen molar-refractivity contribution in [2.75, 3.05) is 17.7 Å². The van der Waals surface area contributed by atoms with Gasteiger partial charge in [0.2, 0.25) is 5.95 Å². The number of ether oxygens (including phenoxy) is 1. The van der Waals surface area contributed by atoms with Crippen LogP contribution < -0.4 is 15.4 Å². The first-order valence-electron chi connectivity index (χ1n) is 8.70. The molecule has 29 heavy (non-hydrogen) atoms. The van der Waals surface area contributed by atoms with Gasteiger partial charge in [-0.3, -0.25) is 0 Å². The van der Waals surface area contributed by atoms with Crippen molar-refractivity contribution in [3.05, 3.63) is 78.4 Å². The van der Waals surface area contributed by atoms with Crippen molar-refractivity contribution < 1.29 is 4.74 Å². The van der Waals surface area contributed by atoms with Crippen LogP contribution >= 0.6 is 12.4 Å².